The van der Waals surface area contributed by atoms with Crippen LogP contribution in [0.1, 0.15) is 6.92 Å². The third-order valence-corrected chi connectivity index (χ3v) is 1.37. The van der Waals surface area contributed by atoms with Crippen LogP contribution >= 0.6 is 0 Å². The maximum Gasteiger partial charge on any atom is 0.269 e. The van der Waals surface area contributed by atoms with Gasteiger partial charge >= 0.3 is 0 Å². The zero-order chi connectivity index (χ0) is 9.84. The smallest absolute Gasteiger partial charge is 0.269 e. The molecule has 1 aromatic carbocycles. The Morgan fingerprint density at radius 2 is 2.00 bits per heavy atom. The molecule has 70 valence electrons. The van der Waals surface area contributed by atoms with Gasteiger partial charge in [-0.1, -0.05) is 0 Å². The van der Waals surface area contributed by atoms with Crippen LogP contribution < -0.4 is 10.5 Å². The lowest BCUT2D eigenvalue weighted by Gasteiger charge is -2.08. The SMILES string of the molecule is CC(N)Oc1ccc([N+](=O)[O-])cc1. The van der Waals surface area contributed by atoms with Gasteiger partial charge in [0.25, 0.3) is 5.69 Å². The minimum absolute atomic E-state index is 0.0389. The van der Waals surface area contributed by atoms with Gasteiger partial charge in [-0.3, -0.25) is 15.8 Å². The van der Waals surface area contributed by atoms with E-state index in [-0.39, 0.29) is 5.69 Å². The van der Waals surface area contributed by atoms with Crippen molar-refractivity contribution in [2.45, 2.75) is 13.2 Å². The molecule has 0 aliphatic heterocycles. The molecule has 0 fully saturated rings. The first-order valence-electron chi connectivity index (χ1n) is 3.76. The molecule has 13 heavy (non-hydrogen) atoms. The van der Waals surface area contributed by atoms with Crippen LogP contribution in [0.4, 0.5) is 5.69 Å². The van der Waals surface area contributed by atoms with Crippen molar-refractivity contribution < 1.29 is 9.66 Å². The van der Waals surface area contributed by atoms with Crippen molar-refractivity contribution in [3.8, 4) is 5.75 Å². The number of benzene rings is 1. The van der Waals surface area contributed by atoms with Crippen molar-refractivity contribution in [3.63, 3.8) is 0 Å². The predicted octanol–water partition coefficient (Wildman–Crippen LogP) is 1.28. The number of nitrogens with two attached hydrogens (primary N) is 1. The first-order valence-corrected chi connectivity index (χ1v) is 3.76. The Labute approximate surface area is 75.3 Å². The van der Waals surface area contributed by atoms with Gasteiger partial charge < -0.3 is 4.74 Å². The lowest BCUT2D eigenvalue weighted by atomic mass is 10.3. The quantitative estimate of drug-likeness (QED) is 0.434. The number of non-ortho nitro benzene ring substituents is 1. The molecule has 5 nitrogen and oxygen atoms in total. The molecule has 1 unspecified atom stereocenters. The summed E-state index contributed by atoms with van der Waals surface area (Å²) in [4.78, 5) is 9.81. The number of nitrogens with zero attached hydrogens (tertiary/aromatic N) is 1. The summed E-state index contributed by atoms with van der Waals surface area (Å²) in [7, 11) is 0. The topological polar surface area (TPSA) is 78.4 Å². The van der Waals surface area contributed by atoms with Gasteiger partial charge in [0.2, 0.25) is 0 Å². The number of nitro benzene ring substituents is 1. The molecular formula is C8H10N2O3. The van der Waals surface area contributed by atoms with Gasteiger partial charge in [0, 0.05) is 12.1 Å². The standard InChI is InChI=1S/C8H10N2O3/c1-6(9)13-8-4-2-7(3-5-8)10(11)12/h2-6H,9H2,1H3. The van der Waals surface area contributed by atoms with Gasteiger partial charge in [-0.25, -0.2) is 0 Å². The maximum absolute atomic E-state index is 10.3. The van der Waals surface area contributed by atoms with E-state index in [1.807, 2.05) is 0 Å². The molecule has 1 aromatic rings. The summed E-state index contributed by atoms with van der Waals surface area (Å²) in [6.07, 6.45) is -0.415. The summed E-state index contributed by atoms with van der Waals surface area (Å²) >= 11 is 0. The summed E-state index contributed by atoms with van der Waals surface area (Å²) in [5.74, 6) is 0.528. The van der Waals surface area contributed by atoms with Gasteiger partial charge in [0.1, 0.15) is 12.0 Å². The summed E-state index contributed by atoms with van der Waals surface area (Å²) in [5, 5.41) is 10.3. The minimum atomic E-state index is -0.463. The normalized spacial score (nSPS) is 12.2. The average Bonchev–Trinajstić information content (AvgIpc) is 2.04. The molecule has 0 aromatic heterocycles. The van der Waals surface area contributed by atoms with Crippen molar-refractivity contribution in [1.29, 1.82) is 0 Å². The molecule has 0 aliphatic carbocycles. The predicted molar refractivity (Wildman–Crippen MR) is 47.4 cm³/mol. The maximum atomic E-state index is 10.3. The molecule has 1 atom stereocenters. The van der Waals surface area contributed by atoms with E-state index in [0.717, 1.165) is 0 Å². The molecule has 5 heteroatoms. The molecule has 0 amide bonds. The molecule has 0 aliphatic rings. The van der Waals surface area contributed by atoms with Crippen molar-refractivity contribution in [3.05, 3.63) is 34.4 Å². The molecule has 0 saturated carbocycles. The Hall–Kier alpha value is -1.62. The van der Waals surface area contributed by atoms with Gasteiger partial charge in [-0.05, 0) is 19.1 Å². The van der Waals surface area contributed by atoms with Gasteiger partial charge in [0.05, 0.1) is 4.92 Å². The molecule has 0 heterocycles. The van der Waals surface area contributed by atoms with E-state index in [2.05, 4.69) is 0 Å². The number of ether oxygens (including phenoxy) is 1. The first-order chi connectivity index (χ1) is 6.09. The second kappa shape index (κ2) is 3.86. The molecule has 0 spiro atoms. The highest BCUT2D eigenvalue weighted by Gasteiger charge is 2.04. The Morgan fingerprint density at radius 1 is 1.46 bits per heavy atom. The first kappa shape index (κ1) is 9.47. The lowest BCUT2D eigenvalue weighted by Crippen LogP contribution is -2.22. The van der Waals surface area contributed by atoms with Gasteiger partial charge in [-0.15, -0.1) is 0 Å². The van der Waals surface area contributed by atoms with E-state index >= 15 is 0 Å². The van der Waals surface area contributed by atoms with Crippen LogP contribution in [-0.4, -0.2) is 11.2 Å². The highest BCUT2D eigenvalue weighted by atomic mass is 16.6. The third-order valence-electron chi connectivity index (χ3n) is 1.37. The van der Waals surface area contributed by atoms with Crippen LogP contribution in [0.15, 0.2) is 24.3 Å². The fourth-order valence-electron chi connectivity index (χ4n) is 0.861. The fourth-order valence-corrected chi connectivity index (χ4v) is 0.861. The summed E-state index contributed by atoms with van der Waals surface area (Å²) in [6, 6.07) is 5.78. The second-order valence-corrected chi connectivity index (χ2v) is 2.57. The van der Waals surface area contributed by atoms with E-state index in [4.69, 9.17) is 10.5 Å². The Balaban J connectivity index is 2.75. The lowest BCUT2D eigenvalue weighted by molar-refractivity contribution is -0.384. The zero-order valence-corrected chi connectivity index (χ0v) is 7.14. The van der Waals surface area contributed by atoms with E-state index in [1.165, 1.54) is 24.3 Å². The zero-order valence-electron chi connectivity index (χ0n) is 7.14. The third kappa shape index (κ3) is 2.72. The Bertz CT molecular complexity index is 295. The fraction of sp³-hybridized carbons (Fsp3) is 0.250. The van der Waals surface area contributed by atoms with Crippen LogP contribution in [0, 0.1) is 10.1 Å². The van der Waals surface area contributed by atoms with Crippen LogP contribution in [0.3, 0.4) is 0 Å². The number of nitro groups is 1. The molecule has 0 saturated heterocycles. The van der Waals surface area contributed by atoms with E-state index in [1.54, 1.807) is 6.92 Å². The largest absolute Gasteiger partial charge is 0.476 e. The number of hydrogen-bond donors (Lipinski definition) is 1. The average molecular weight is 182 g/mol. The van der Waals surface area contributed by atoms with E-state index in [0.29, 0.717) is 5.75 Å². The Morgan fingerprint density at radius 3 is 2.38 bits per heavy atom. The summed E-state index contributed by atoms with van der Waals surface area (Å²) in [5.41, 5.74) is 5.41. The van der Waals surface area contributed by atoms with Crippen molar-refractivity contribution >= 4 is 5.69 Å². The summed E-state index contributed by atoms with van der Waals surface area (Å²) in [6.45, 7) is 1.68. The van der Waals surface area contributed by atoms with Crippen molar-refractivity contribution in [1.82, 2.24) is 0 Å². The van der Waals surface area contributed by atoms with Crippen LogP contribution in [-0.2, 0) is 0 Å². The number of rotatable bonds is 3. The van der Waals surface area contributed by atoms with Crippen molar-refractivity contribution in [2.75, 3.05) is 0 Å². The molecule has 1 rings (SSSR count). The van der Waals surface area contributed by atoms with Crippen LogP contribution in [0.2, 0.25) is 0 Å². The molecule has 2 N–H and O–H groups in total. The van der Waals surface area contributed by atoms with Gasteiger partial charge in [-0.2, -0.15) is 0 Å². The highest BCUT2D eigenvalue weighted by Crippen LogP contribution is 2.17. The molecular weight excluding hydrogens is 172 g/mol. The van der Waals surface area contributed by atoms with E-state index in [9.17, 15) is 10.1 Å². The Kier molecular flexibility index (Phi) is 2.81. The van der Waals surface area contributed by atoms with E-state index < -0.39 is 11.2 Å². The number of hydrogen-bond acceptors (Lipinski definition) is 4. The minimum Gasteiger partial charge on any atom is -0.476 e. The molecule has 0 bridgehead atoms. The van der Waals surface area contributed by atoms with Crippen LogP contribution in [0.5, 0.6) is 5.75 Å². The summed E-state index contributed by atoms with van der Waals surface area (Å²) < 4.78 is 5.10. The molecule has 0 radical (unpaired) electrons. The second-order valence-electron chi connectivity index (χ2n) is 2.57. The monoisotopic (exact) mass is 182 g/mol. The highest BCUT2D eigenvalue weighted by molar-refractivity contribution is 5.35. The van der Waals surface area contributed by atoms with Gasteiger partial charge in [0.15, 0.2) is 0 Å². The van der Waals surface area contributed by atoms with Crippen molar-refractivity contribution in [2.24, 2.45) is 5.73 Å². The van der Waals surface area contributed by atoms with Crippen LogP contribution in [0.25, 0.3) is 0 Å².